The van der Waals surface area contributed by atoms with E-state index in [1.54, 1.807) is 22.0 Å². The number of rotatable bonds is 4. The summed E-state index contributed by atoms with van der Waals surface area (Å²) in [4.78, 5) is 24.5. The number of nitrogens with zero attached hydrogens (tertiary/aromatic N) is 3. The Bertz CT molecular complexity index is 463. The third-order valence-corrected chi connectivity index (χ3v) is 3.35. The van der Waals surface area contributed by atoms with E-state index in [9.17, 15) is 9.59 Å². The Morgan fingerprint density at radius 3 is 2.68 bits per heavy atom. The van der Waals surface area contributed by atoms with Crippen molar-refractivity contribution < 1.29 is 14.7 Å². The standard InChI is InChI=1S/C12H18N4O3/c1-15-8-10(6-14-15)13-7-11(17)16-4-2-9(3-5-16)12(18)19/h6,8-9,13H,2-5,7H2,1H3,(H,18,19). The van der Waals surface area contributed by atoms with Gasteiger partial charge in [0, 0.05) is 26.3 Å². The minimum atomic E-state index is -0.763. The van der Waals surface area contributed by atoms with Crippen molar-refractivity contribution in [2.45, 2.75) is 12.8 Å². The molecule has 1 aliphatic rings. The van der Waals surface area contributed by atoms with Crippen molar-refractivity contribution in [2.75, 3.05) is 25.0 Å². The Morgan fingerprint density at radius 1 is 1.47 bits per heavy atom. The molecule has 0 spiro atoms. The normalized spacial score (nSPS) is 16.4. The zero-order valence-electron chi connectivity index (χ0n) is 10.9. The molecule has 7 nitrogen and oxygen atoms in total. The summed E-state index contributed by atoms with van der Waals surface area (Å²) in [6.45, 7) is 1.25. The predicted molar refractivity (Wildman–Crippen MR) is 68.6 cm³/mol. The number of aliphatic carboxylic acids is 1. The third kappa shape index (κ3) is 3.46. The Labute approximate surface area is 111 Å². The van der Waals surface area contributed by atoms with Crippen LogP contribution >= 0.6 is 0 Å². The number of anilines is 1. The van der Waals surface area contributed by atoms with E-state index in [1.165, 1.54) is 0 Å². The van der Waals surface area contributed by atoms with Crippen molar-refractivity contribution >= 4 is 17.6 Å². The fourth-order valence-electron chi connectivity index (χ4n) is 2.18. The van der Waals surface area contributed by atoms with E-state index in [2.05, 4.69) is 10.4 Å². The van der Waals surface area contributed by atoms with Crippen LogP contribution in [0.3, 0.4) is 0 Å². The highest BCUT2D eigenvalue weighted by atomic mass is 16.4. The van der Waals surface area contributed by atoms with Gasteiger partial charge in [-0.15, -0.1) is 0 Å². The summed E-state index contributed by atoms with van der Waals surface area (Å²) in [6.07, 6.45) is 4.52. The maximum absolute atomic E-state index is 11.9. The first kappa shape index (κ1) is 13.4. The fourth-order valence-corrected chi connectivity index (χ4v) is 2.18. The maximum Gasteiger partial charge on any atom is 0.306 e. The summed E-state index contributed by atoms with van der Waals surface area (Å²) in [6, 6.07) is 0. The second kappa shape index (κ2) is 5.73. The van der Waals surface area contributed by atoms with Crippen LogP contribution in [-0.4, -0.2) is 51.3 Å². The van der Waals surface area contributed by atoms with Crippen molar-refractivity contribution in [3.8, 4) is 0 Å². The van der Waals surface area contributed by atoms with Crippen LogP contribution in [0.4, 0.5) is 5.69 Å². The third-order valence-electron chi connectivity index (χ3n) is 3.35. The van der Waals surface area contributed by atoms with Crippen LogP contribution < -0.4 is 5.32 Å². The number of carboxylic acids is 1. The molecule has 1 fully saturated rings. The molecule has 2 rings (SSSR count). The molecule has 0 saturated carbocycles. The number of aromatic nitrogens is 2. The van der Waals surface area contributed by atoms with Gasteiger partial charge in [-0.25, -0.2) is 0 Å². The van der Waals surface area contributed by atoms with Crippen molar-refractivity contribution in [3.63, 3.8) is 0 Å². The number of hydrogen-bond acceptors (Lipinski definition) is 4. The molecule has 0 unspecified atom stereocenters. The van der Waals surface area contributed by atoms with E-state index in [-0.39, 0.29) is 18.4 Å². The molecule has 1 aromatic heterocycles. The van der Waals surface area contributed by atoms with Gasteiger partial charge in [-0.3, -0.25) is 14.3 Å². The molecule has 0 atom stereocenters. The zero-order chi connectivity index (χ0) is 13.8. The highest BCUT2D eigenvalue weighted by Crippen LogP contribution is 2.17. The smallest absolute Gasteiger partial charge is 0.306 e. The molecule has 2 N–H and O–H groups in total. The summed E-state index contributed by atoms with van der Waals surface area (Å²) >= 11 is 0. The lowest BCUT2D eigenvalue weighted by atomic mass is 9.97. The van der Waals surface area contributed by atoms with Crippen molar-refractivity contribution in [3.05, 3.63) is 12.4 Å². The number of hydrogen-bond donors (Lipinski definition) is 2. The monoisotopic (exact) mass is 266 g/mol. The second-order valence-electron chi connectivity index (χ2n) is 4.75. The molecule has 0 aliphatic carbocycles. The Hall–Kier alpha value is -2.05. The van der Waals surface area contributed by atoms with Crippen LogP contribution in [0.5, 0.6) is 0 Å². The zero-order valence-corrected chi connectivity index (χ0v) is 10.9. The van der Waals surface area contributed by atoms with Gasteiger partial charge in [-0.1, -0.05) is 0 Å². The summed E-state index contributed by atoms with van der Waals surface area (Å²) in [5.41, 5.74) is 0.802. The maximum atomic E-state index is 11.9. The van der Waals surface area contributed by atoms with E-state index < -0.39 is 5.97 Å². The van der Waals surface area contributed by atoms with Gasteiger partial charge in [0.15, 0.2) is 0 Å². The fraction of sp³-hybridized carbons (Fsp3) is 0.583. The molecule has 0 radical (unpaired) electrons. The number of aryl methyl sites for hydroxylation is 1. The SMILES string of the molecule is Cn1cc(NCC(=O)N2CCC(C(=O)O)CC2)cn1. The molecule has 1 aromatic rings. The Kier molecular flexibility index (Phi) is 4.03. The van der Waals surface area contributed by atoms with Gasteiger partial charge in [-0.2, -0.15) is 5.10 Å². The van der Waals surface area contributed by atoms with Gasteiger partial charge in [0.2, 0.25) is 5.91 Å². The lowest BCUT2D eigenvalue weighted by molar-refractivity contribution is -0.145. The number of likely N-dealkylation sites (tertiary alicyclic amines) is 1. The van der Waals surface area contributed by atoms with Crippen LogP contribution in [0.15, 0.2) is 12.4 Å². The lowest BCUT2D eigenvalue weighted by Gasteiger charge is -2.30. The lowest BCUT2D eigenvalue weighted by Crippen LogP contribution is -2.42. The number of nitrogens with one attached hydrogen (secondary N) is 1. The molecular weight excluding hydrogens is 248 g/mol. The van der Waals surface area contributed by atoms with Crippen LogP contribution in [0.25, 0.3) is 0 Å². The number of piperidine rings is 1. The molecule has 0 aromatic carbocycles. The van der Waals surface area contributed by atoms with Gasteiger partial charge in [0.05, 0.1) is 24.3 Å². The van der Waals surface area contributed by atoms with E-state index in [4.69, 9.17) is 5.11 Å². The topological polar surface area (TPSA) is 87.5 Å². The van der Waals surface area contributed by atoms with E-state index >= 15 is 0 Å². The first-order valence-corrected chi connectivity index (χ1v) is 6.29. The van der Waals surface area contributed by atoms with Crippen LogP contribution in [-0.2, 0) is 16.6 Å². The molecule has 1 aliphatic heterocycles. The number of amides is 1. The second-order valence-corrected chi connectivity index (χ2v) is 4.75. The Morgan fingerprint density at radius 2 is 2.16 bits per heavy atom. The first-order chi connectivity index (χ1) is 9.06. The van der Waals surface area contributed by atoms with Gasteiger partial charge < -0.3 is 15.3 Å². The molecule has 0 bridgehead atoms. The molecule has 19 heavy (non-hydrogen) atoms. The van der Waals surface area contributed by atoms with Crippen LogP contribution in [0.1, 0.15) is 12.8 Å². The van der Waals surface area contributed by atoms with Gasteiger partial charge >= 0.3 is 5.97 Å². The number of carbonyl (C=O) groups excluding carboxylic acids is 1. The highest BCUT2D eigenvalue weighted by molar-refractivity contribution is 5.81. The minimum absolute atomic E-state index is 0.00677. The summed E-state index contributed by atoms with van der Waals surface area (Å²) < 4.78 is 1.66. The molecule has 7 heteroatoms. The number of carboxylic acid groups (broad SMARTS) is 1. The first-order valence-electron chi connectivity index (χ1n) is 6.29. The van der Waals surface area contributed by atoms with Crippen molar-refractivity contribution in [2.24, 2.45) is 13.0 Å². The average Bonchev–Trinajstić information content (AvgIpc) is 2.82. The predicted octanol–water partition coefficient (Wildman–Crippen LogP) is 0.155. The minimum Gasteiger partial charge on any atom is -0.481 e. The van der Waals surface area contributed by atoms with Crippen molar-refractivity contribution in [1.29, 1.82) is 0 Å². The molecule has 2 heterocycles. The summed E-state index contributed by atoms with van der Waals surface area (Å²) in [7, 11) is 1.81. The molecule has 104 valence electrons. The Balaban J connectivity index is 1.77. The van der Waals surface area contributed by atoms with Gasteiger partial charge in [0.25, 0.3) is 0 Å². The largest absolute Gasteiger partial charge is 0.481 e. The van der Waals surface area contributed by atoms with Gasteiger partial charge in [0.1, 0.15) is 0 Å². The van der Waals surface area contributed by atoms with E-state index in [0.717, 1.165) is 5.69 Å². The quantitative estimate of drug-likeness (QED) is 0.810. The van der Waals surface area contributed by atoms with Crippen LogP contribution in [0, 0.1) is 5.92 Å². The number of carbonyl (C=O) groups is 2. The molecular formula is C12H18N4O3. The summed E-state index contributed by atoms with van der Waals surface area (Å²) in [5.74, 6) is -1.08. The van der Waals surface area contributed by atoms with E-state index in [1.807, 2.05) is 7.05 Å². The van der Waals surface area contributed by atoms with E-state index in [0.29, 0.717) is 25.9 Å². The van der Waals surface area contributed by atoms with Gasteiger partial charge in [-0.05, 0) is 12.8 Å². The molecule has 1 saturated heterocycles. The molecule has 1 amide bonds. The summed E-state index contributed by atoms with van der Waals surface area (Å²) in [5, 5.41) is 15.9. The van der Waals surface area contributed by atoms with Crippen molar-refractivity contribution in [1.82, 2.24) is 14.7 Å². The average molecular weight is 266 g/mol. The highest BCUT2D eigenvalue weighted by Gasteiger charge is 2.26. The van der Waals surface area contributed by atoms with Crippen LogP contribution in [0.2, 0.25) is 0 Å².